The number of carboxylic acids is 1. The smallest absolute Gasteiger partial charge is 0.490 e. The lowest BCUT2D eigenvalue weighted by Gasteiger charge is -2.31. The Balaban J connectivity index is 0.000000429. The van der Waals surface area contributed by atoms with Gasteiger partial charge in [-0.3, -0.25) is 0 Å². The van der Waals surface area contributed by atoms with Crippen LogP contribution in [0.1, 0.15) is 30.9 Å². The van der Waals surface area contributed by atoms with E-state index in [1.807, 2.05) is 13.0 Å². The molecule has 1 aliphatic rings. The van der Waals surface area contributed by atoms with E-state index < -0.39 is 12.1 Å². The number of aromatic hydroxyl groups is 1. The zero-order chi connectivity index (χ0) is 25.8. The second kappa shape index (κ2) is 10.6. The average molecular weight is 492 g/mol. The summed E-state index contributed by atoms with van der Waals surface area (Å²) in [6, 6.07) is 5.86. The van der Waals surface area contributed by atoms with Gasteiger partial charge >= 0.3 is 12.1 Å². The van der Waals surface area contributed by atoms with Crippen LogP contribution in [0.5, 0.6) is 5.75 Å². The van der Waals surface area contributed by atoms with Crippen molar-refractivity contribution in [2.75, 3.05) is 25.0 Å². The third-order valence-corrected chi connectivity index (χ3v) is 5.35. The van der Waals surface area contributed by atoms with Crippen molar-refractivity contribution in [1.82, 2.24) is 19.9 Å². The Labute approximate surface area is 198 Å². The summed E-state index contributed by atoms with van der Waals surface area (Å²) < 4.78 is 37.4. The van der Waals surface area contributed by atoms with Crippen molar-refractivity contribution < 1.29 is 32.6 Å². The lowest BCUT2D eigenvalue weighted by atomic mass is 10.0. The molecule has 1 fully saturated rings. The van der Waals surface area contributed by atoms with Gasteiger partial charge < -0.3 is 24.8 Å². The number of anilines is 1. The normalized spacial score (nSPS) is 16.3. The second-order valence-electron chi connectivity index (χ2n) is 7.88. The summed E-state index contributed by atoms with van der Waals surface area (Å²) in [7, 11) is 0. The summed E-state index contributed by atoms with van der Waals surface area (Å²) in [6.45, 7) is 7.10. The number of aryl methyl sites for hydroxylation is 1. The number of fused-ring (bicyclic) bond motifs is 1. The Bertz CT molecular complexity index is 1230. The molecule has 4 rings (SSSR count). The Kier molecular flexibility index (Phi) is 7.75. The zero-order valence-corrected chi connectivity index (χ0v) is 18.9. The molecule has 0 saturated carbocycles. The minimum Gasteiger partial charge on any atom is -0.507 e. The number of nitrogens with one attached hydrogen (secondary N) is 1. The molecule has 3 heterocycles. The van der Waals surface area contributed by atoms with Gasteiger partial charge in [-0.25, -0.2) is 14.8 Å². The number of likely N-dealkylation sites (tertiary alicyclic amines) is 1. The summed E-state index contributed by atoms with van der Waals surface area (Å²) in [5, 5.41) is 29.8. The molecule has 10 nitrogen and oxygen atoms in total. The molecule has 3 aromatic rings. The summed E-state index contributed by atoms with van der Waals surface area (Å²) >= 11 is 0. The number of nitriles is 1. The number of aromatic nitrogens is 3. The minimum atomic E-state index is -5.08. The quantitative estimate of drug-likeness (QED) is 0.492. The van der Waals surface area contributed by atoms with Gasteiger partial charge in [0.15, 0.2) is 0 Å². The van der Waals surface area contributed by atoms with Gasteiger partial charge in [-0.2, -0.15) is 23.4 Å². The highest BCUT2D eigenvalue weighted by Gasteiger charge is 2.38. The van der Waals surface area contributed by atoms with E-state index in [9.17, 15) is 18.3 Å². The Morgan fingerprint density at radius 3 is 2.69 bits per heavy atom. The number of hydrogen-bond acceptors (Lipinski definition) is 9. The molecular weight excluding hydrogens is 469 g/mol. The van der Waals surface area contributed by atoms with Crippen molar-refractivity contribution in [1.29, 1.82) is 5.26 Å². The number of rotatable bonds is 4. The Morgan fingerprint density at radius 2 is 2.09 bits per heavy atom. The van der Waals surface area contributed by atoms with Crippen molar-refractivity contribution >= 4 is 23.3 Å². The molecule has 35 heavy (non-hydrogen) atoms. The first-order valence-electron chi connectivity index (χ1n) is 10.7. The molecule has 0 bridgehead atoms. The van der Waals surface area contributed by atoms with Crippen LogP contribution in [-0.4, -0.2) is 67.9 Å². The number of oxazole rings is 1. The van der Waals surface area contributed by atoms with E-state index in [1.165, 1.54) is 6.07 Å². The molecule has 2 aromatic heterocycles. The monoisotopic (exact) mass is 492 g/mol. The maximum Gasteiger partial charge on any atom is 0.490 e. The number of piperidine rings is 1. The second-order valence-corrected chi connectivity index (χ2v) is 7.88. The average Bonchev–Trinajstić information content (AvgIpc) is 3.20. The predicted molar refractivity (Wildman–Crippen MR) is 119 cm³/mol. The number of nitrogens with zero attached hydrogens (tertiary/aromatic N) is 5. The first-order valence-corrected chi connectivity index (χ1v) is 10.7. The highest BCUT2D eigenvalue weighted by molar-refractivity contribution is 5.76. The van der Waals surface area contributed by atoms with Gasteiger partial charge in [-0.05, 0) is 50.6 Å². The number of carbonyl (C=O) groups is 1. The highest BCUT2D eigenvalue weighted by atomic mass is 19.4. The number of aliphatic carboxylic acids is 1. The number of likely N-dealkylation sites (N-methyl/N-ethyl adjacent to an activating group) is 1. The number of phenols is 1. The maximum absolute atomic E-state index is 10.6. The molecule has 1 saturated heterocycles. The van der Waals surface area contributed by atoms with Gasteiger partial charge in [-0.1, -0.05) is 6.92 Å². The van der Waals surface area contributed by atoms with Gasteiger partial charge in [0.05, 0.1) is 23.5 Å². The maximum atomic E-state index is 10.6. The van der Waals surface area contributed by atoms with Gasteiger partial charge in [-0.15, -0.1) is 0 Å². The molecule has 0 unspecified atom stereocenters. The molecule has 1 aliphatic heterocycles. The fourth-order valence-electron chi connectivity index (χ4n) is 3.71. The fraction of sp³-hybridized carbons (Fsp3) is 0.409. The van der Waals surface area contributed by atoms with E-state index in [1.54, 1.807) is 12.3 Å². The van der Waals surface area contributed by atoms with Crippen molar-refractivity contribution in [2.45, 2.75) is 38.9 Å². The Morgan fingerprint density at radius 1 is 1.37 bits per heavy atom. The van der Waals surface area contributed by atoms with E-state index >= 15 is 0 Å². The van der Waals surface area contributed by atoms with E-state index in [2.05, 4.69) is 32.1 Å². The zero-order valence-electron chi connectivity index (χ0n) is 18.9. The van der Waals surface area contributed by atoms with Gasteiger partial charge in [0.1, 0.15) is 5.75 Å². The number of halogens is 3. The van der Waals surface area contributed by atoms with Crippen LogP contribution < -0.4 is 5.32 Å². The minimum absolute atomic E-state index is 0.00564. The van der Waals surface area contributed by atoms with Crippen LogP contribution in [0.3, 0.4) is 0 Å². The van der Waals surface area contributed by atoms with Crippen molar-refractivity contribution in [3.8, 4) is 23.1 Å². The van der Waals surface area contributed by atoms with Crippen molar-refractivity contribution in [2.24, 2.45) is 0 Å². The molecular formula is C22H23F3N6O4. The van der Waals surface area contributed by atoms with Crippen LogP contribution >= 0.6 is 0 Å². The molecule has 0 radical (unpaired) electrons. The highest BCUT2D eigenvalue weighted by Crippen LogP contribution is 2.33. The lowest BCUT2D eigenvalue weighted by molar-refractivity contribution is -0.192. The standard InChI is InChI=1S/C20H22N6O2.C2HF3O2/c1-3-26-6-4-5-14(11-26)23-20-25-18-19(28-20)22-10-15(24-18)17-12(2)7-13(9-21)8-16(17)27;3-2(4,5)1(6)7/h7-8,10,14,27H,3-6,11H2,1-2H3,(H,23,24,25);(H,6,7)/t14-;/m1./s1. The summed E-state index contributed by atoms with van der Waals surface area (Å²) in [4.78, 5) is 24.5. The third kappa shape index (κ3) is 6.36. The van der Waals surface area contributed by atoms with Gasteiger partial charge in [0, 0.05) is 18.2 Å². The molecule has 3 N–H and O–H groups in total. The van der Waals surface area contributed by atoms with Gasteiger partial charge in [0.25, 0.3) is 11.7 Å². The van der Waals surface area contributed by atoms with Crippen LogP contribution in [0.15, 0.2) is 22.7 Å². The van der Waals surface area contributed by atoms with Crippen molar-refractivity contribution in [3.05, 3.63) is 29.5 Å². The topological polar surface area (TPSA) is 148 Å². The number of carboxylic acid groups (broad SMARTS) is 1. The van der Waals surface area contributed by atoms with Crippen LogP contribution in [0, 0.1) is 18.3 Å². The number of alkyl halides is 3. The van der Waals surface area contributed by atoms with Gasteiger partial charge in [0.2, 0.25) is 5.65 Å². The number of benzene rings is 1. The fourth-order valence-corrected chi connectivity index (χ4v) is 3.71. The molecule has 1 atom stereocenters. The molecule has 0 amide bonds. The predicted octanol–water partition coefficient (Wildman–Crippen LogP) is 3.70. The van der Waals surface area contributed by atoms with Crippen LogP contribution in [0.2, 0.25) is 0 Å². The van der Waals surface area contributed by atoms with E-state index in [-0.39, 0.29) is 11.8 Å². The molecule has 13 heteroatoms. The first kappa shape index (κ1) is 25.7. The van der Waals surface area contributed by atoms with Crippen molar-refractivity contribution in [3.63, 3.8) is 0 Å². The number of phenolic OH excluding ortho intramolecular Hbond substituents is 1. The Hall–Kier alpha value is -3.92. The van der Waals surface area contributed by atoms with Crippen LogP contribution in [0.4, 0.5) is 19.2 Å². The number of hydrogen-bond donors (Lipinski definition) is 3. The van der Waals surface area contributed by atoms with E-state index in [4.69, 9.17) is 19.6 Å². The summed E-state index contributed by atoms with van der Waals surface area (Å²) in [6.07, 6.45) is -1.33. The van der Waals surface area contributed by atoms with E-state index in [0.717, 1.165) is 38.0 Å². The molecule has 0 aliphatic carbocycles. The lowest BCUT2D eigenvalue weighted by Crippen LogP contribution is -2.41. The largest absolute Gasteiger partial charge is 0.507 e. The summed E-state index contributed by atoms with van der Waals surface area (Å²) in [5.41, 5.74) is 2.90. The molecule has 1 aromatic carbocycles. The SMILES string of the molecule is CCN1CCC[C@@H](Nc2nc3nc(-c4c(C)cc(C#N)cc4O)cnc3o2)C1.O=C(O)C(F)(F)F. The van der Waals surface area contributed by atoms with E-state index in [0.29, 0.717) is 34.2 Å². The summed E-state index contributed by atoms with van der Waals surface area (Å²) in [5.74, 6) is -2.76. The third-order valence-electron chi connectivity index (χ3n) is 5.35. The molecule has 0 spiro atoms. The van der Waals surface area contributed by atoms with Crippen LogP contribution in [0.25, 0.3) is 22.6 Å². The van der Waals surface area contributed by atoms with Crippen LogP contribution in [-0.2, 0) is 4.79 Å². The first-order chi connectivity index (χ1) is 16.5. The molecule has 186 valence electrons.